The second-order valence-electron chi connectivity index (χ2n) is 2.90. The van der Waals surface area contributed by atoms with Gasteiger partial charge in [0.25, 0.3) is 0 Å². The van der Waals surface area contributed by atoms with Crippen molar-refractivity contribution in [2.75, 3.05) is 5.32 Å². The average molecular weight is 184 g/mol. The van der Waals surface area contributed by atoms with E-state index in [-0.39, 0.29) is 5.91 Å². The maximum atomic E-state index is 10.6. The number of aromatic nitrogens is 1. The van der Waals surface area contributed by atoms with Gasteiger partial charge in [0.05, 0.1) is 0 Å². The van der Waals surface area contributed by atoms with Gasteiger partial charge in [-0.05, 0) is 5.92 Å². The number of nitrogens with zero attached hydrogens (tertiary/aromatic N) is 1. The molecule has 0 aliphatic rings. The summed E-state index contributed by atoms with van der Waals surface area (Å²) >= 11 is 1.53. The molecule has 1 N–H and O–H groups in total. The van der Waals surface area contributed by atoms with Gasteiger partial charge in [0.1, 0.15) is 0 Å². The summed E-state index contributed by atoms with van der Waals surface area (Å²) in [6, 6.07) is 0. The van der Waals surface area contributed by atoms with Crippen molar-refractivity contribution in [2.24, 2.45) is 0 Å². The fourth-order valence-electron chi connectivity index (χ4n) is 0.762. The zero-order valence-corrected chi connectivity index (χ0v) is 8.23. The number of amides is 1. The third kappa shape index (κ3) is 2.30. The van der Waals surface area contributed by atoms with E-state index < -0.39 is 0 Å². The number of nitrogens with one attached hydrogen (secondary N) is 1. The lowest BCUT2D eigenvalue weighted by atomic mass is 10.2. The molecule has 1 amide bonds. The van der Waals surface area contributed by atoms with E-state index in [1.165, 1.54) is 23.1 Å². The van der Waals surface area contributed by atoms with Crippen molar-refractivity contribution in [1.82, 2.24) is 4.98 Å². The van der Waals surface area contributed by atoms with Gasteiger partial charge in [0, 0.05) is 18.0 Å². The number of rotatable bonds is 2. The molecule has 0 atom stereocenters. The van der Waals surface area contributed by atoms with Crippen molar-refractivity contribution in [3.05, 3.63) is 11.1 Å². The lowest BCUT2D eigenvalue weighted by Gasteiger charge is -1.96. The minimum Gasteiger partial charge on any atom is -0.302 e. The SMILES string of the molecule is CC(=O)Nc1ncc(C(C)C)s1. The normalized spacial score (nSPS) is 10.3. The van der Waals surface area contributed by atoms with Crippen LogP contribution in [0.15, 0.2) is 6.20 Å². The molecule has 3 nitrogen and oxygen atoms in total. The molecule has 0 bridgehead atoms. The Balaban J connectivity index is 2.70. The number of carbonyl (C=O) groups is 1. The molecule has 0 saturated heterocycles. The maximum absolute atomic E-state index is 10.6. The van der Waals surface area contributed by atoms with Crippen LogP contribution < -0.4 is 5.32 Å². The molecule has 0 unspecified atom stereocenters. The number of anilines is 1. The molecule has 0 aliphatic heterocycles. The predicted octanol–water partition coefficient (Wildman–Crippen LogP) is 2.22. The van der Waals surface area contributed by atoms with E-state index in [0.717, 1.165) is 0 Å². The molecule has 66 valence electrons. The Morgan fingerprint density at radius 2 is 2.33 bits per heavy atom. The summed E-state index contributed by atoms with van der Waals surface area (Å²) in [5.74, 6) is 0.407. The molecule has 4 heteroatoms. The molecular weight excluding hydrogens is 172 g/mol. The average Bonchev–Trinajstić information content (AvgIpc) is 2.34. The van der Waals surface area contributed by atoms with Gasteiger partial charge >= 0.3 is 0 Å². The lowest BCUT2D eigenvalue weighted by Crippen LogP contribution is -2.04. The Hall–Kier alpha value is -0.900. The van der Waals surface area contributed by atoms with Gasteiger partial charge in [-0.2, -0.15) is 0 Å². The van der Waals surface area contributed by atoms with Crippen molar-refractivity contribution in [3.63, 3.8) is 0 Å². The summed E-state index contributed by atoms with van der Waals surface area (Å²) in [5.41, 5.74) is 0. The van der Waals surface area contributed by atoms with Gasteiger partial charge in [-0.3, -0.25) is 4.79 Å². The van der Waals surface area contributed by atoms with Crippen molar-refractivity contribution >= 4 is 22.4 Å². The van der Waals surface area contributed by atoms with E-state index in [1.807, 2.05) is 0 Å². The first-order valence-corrected chi connectivity index (χ1v) is 4.64. The van der Waals surface area contributed by atoms with Gasteiger partial charge in [-0.15, -0.1) is 11.3 Å². The maximum Gasteiger partial charge on any atom is 0.223 e. The van der Waals surface area contributed by atoms with Gasteiger partial charge in [-0.1, -0.05) is 13.8 Å². The highest BCUT2D eigenvalue weighted by molar-refractivity contribution is 7.15. The largest absolute Gasteiger partial charge is 0.302 e. The summed E-state index contributed by atoms with van der Waals surface area (Å²) in [6.07, 6.45) is 1.81. The van der Waals surface area contributed by atoms with E-state index in [4.69, 9.17) is 0 Å². The Morgan fingerprint density at radius 1 is 1.67 bits per heavy atom. The van der Waals surface area contributed by atoms with Crippen LogP contribution in [0.25, 0.3) is 0 Å². The van der Waals surface area contributed by atoms with Gasteiger partial charge in [0.15, 0.2) is 5.13 Å². The van der Waals surface area contributed by atoms with Crippen molar-refractivity contribution in [2.45, 2.75) is 26.7 Å². The Morgan fingerprint density at radius 3 is 2.75 bits per heavy atom. The van der Waals surface area contributed by atoms with Crippen LogP contribution in [0.2, 0.25) is 0 Å². The Bertz CT molecular complexity index is 280. The van der Waals surface area contributed by atoms with E-state index in [0.29, 0.717) is 11.0 Å². The summed E-state index contributed by atoms with van der Waals surface area (Å²) in [6.45, 7) is 5.69. The first-order chi connectivity index (χ1) is 5.59. The van der Waals surface area contributed by atoms with Crippen LogP contribution in [0.1, 0.15) is 31.6 Å². The minimum absolute atomic E-state index is 0.0698. The molecular formula is C8H12N2OS. The summed E-state index contributed by atoms with van der Waals surface area (Å²) in [4.78, 5) is 15.9. The van der Waals surface area contributed by atoms with E-state index >= 15 is 0 Å². The summed E-state index contributed by atoms with van der Waals surface area (Å²) < 4.78 is 0. The lowest BCUT2D eigenvalue weighted by molar-refractivity contribution is -0.114. The van der Waals surface area contributed by atoms with Gasteiger partial charge in [-0.25, -0.2) is 4.98 Å². The van der Waals surface area contributed by atoms with Crippen molar-refractivity contribution in [3.8, 4) is 0 Å². The van der Waals surface area contributed by atoms with Crippen LogP contribution in [0.3, 0.4) is 0 Å². The van der Waals surface area contributed by atoms with Gasteiger partial charge < -0.3 is 5.32 Å². The number of thiazole rings is 1. The number of hydrogen-bond donors (Lipinski definition) is 1. The Labute approximate surface area is 75.8 Å². The third-order valence-corrected chi connectivity index (χ3v) is 2.59. The second-order valence-corrected chi connectivity index (χ2v) is 3.97. The van der Waals surface area contributed by atoms with Crippen LogP contribution in [-0.4, -0.2) is 10.9 Å². The molecule has 0 radical (unpaired) electrons. The fraction of sp³-hybridized carbons (Fsp3) is 0.500. The highest BCUT2D eigenvalue weighted by Crippen LogP contribution is 2.24. The van der Waals surface area contributed by atoms with E-state index in [1.54, 1.807) is 6.20 Å². The molecule has 1 aromatic rings. The van der Waals surface area contributed by atoms with Crippen LogP contribution >= 0.6 is 11.3 Å². The van der Waals surface area contributed by atoms with E-state index in [2.05, 4.69) is 24.1 Å². The zero-order valence-electron chi connectivity index (χ0n) is 7.42. The molecule has 0 fully saturated rings. The standard InChI is InChI=1S/C8H12N2OS/c1-5(2)7-4-9-8(12-7)10-6(3)11/h4-5H,1-3H3,(H,9,10,11). The van der Waals surface area contributed by atoms with Crippen LogP contribution in [-0.2, 0) is 4.79 Å². The molecule has 1 rings (SSSR count). The summed E-state index contributed by atoms with van der Waals surface area (Å²) in [5, 5.41) is 3.33. The molecule has 0 spiro atoms. The fourth-order valence-corrected chi connectivity index (χ4v) is 1.63. The van der Waals surface area contributed by atoms with Crippen molar-refractivity contribution < 1.29 is 4.79 Å². The van der Waals surface area contributed by atoms with Gasteiger partial charge in [0.2, 0.25) is 5.91 Å². The molecule has 1 heterocycles. The van der Waals surface area contributed by atoms with E-state index in [9.17, 15) is 4.79 Å². The smallest absolute Gasteiger partial charge is 0.223 e. The predicted molar refractivity (Wildman–Crippen MR) is 50.5 cm³/mol. The highest BCUT2D eigenvalue weighted by Gasteiger charge is 2.05. The number of carbonyl (C=O) groups excluding carboxylic acids is 1. The molecule has 0 saturated carbocycles. The van der Waals surface area contributed by atoms with Crippen LogP contribution in [0, 0.1) is 0 Å². The Kier molecular flexibility index (Phi) is 2.81. The first kappa shape index (κ1) is 9.19. The highest BCUT2D eigenvalue weighted by atomic mass is 32.1. The van der Waals surface area contributed by atoms with Crippen LogP contribution in [0.5, 0.6) is 0 Å². The van der Waals surface area contributed by atoms with Crippen molar-refractivity contribution in [1.29, 1.82) is 0 Å². The van der Waals surface area contributed by atoms with Crippen LogP contribution in [0.4, 0.5) is 5.13 Å². The minimum atomic E-state index is -0.0698. The first-order valence-electron chi connectivity index (χ1n) is 3.83. The zero-order chi connectivity index (χ0) is 9.14. The molecule has 12 heavy (non-hydrogen) atoms. The second kappa shape index (κ2) is 3.67. The topological polar surface area (TPSA) is 42.0 Å². The quantitative estimate of drug-likeness (QED) is 0.765. The molecule has 0 aromatic carbocycles. The molecule has 1 aromatic heterocycles. The monoisotopic (exact) mass is 184 g/mol. The number of hydrogen-bond acceptors (Lipinski definition) is 3. The summed E-state index contributed by atoms with van der Waals surface area (Å²) in [7, 11) is 0. The molecule has 0 aliphatic carbocycles. The third-order valence-electron chi connectivity index (χ3n) is 1.38.